The lowest BCUT2D eigenvalue weighted by Gasteiger charge is -2.23. The largest absolute Gasteiger partial charge is 0.481 e. The Balaban J connectivity index is 1.59. The van der Waals surface area contributed by atoms with E-state index in [4.69, 9.17) is 10.8 Å². The summed E-state index contributed by atoms with van der Waals surface area (Å²) in [4.78, 5) is 108. The molecule has 5 unspecified atom stereocenters. The minimum atomic E-state index is -1.38. The fourth-order valence-corrected chi connectivity index (χ4v) is 4.71. The predicted molar refractivity (Wildman–Crippen MR) is 174 cm³/mol. The highest BCUT2D eigenvalue weighted by Crippen LogP contribution is 2.05. The molecule has 0 spiro atoms. The number of aliphatic carboxylic acids is 2. The van der Waals surface area contributed by atoms with Gasteiger partial charge in [0.1, 0.15) is 24.2 Å². The SMILES string of the molecule is NC(Cc1cnc[nH]1)C(=O)NC(CCC(=O)O)C(=O)NC(CS)C(=O)NCC(=O)NC(Cc1cnc[nH]1)C(=O)NC(Cc1cnc[nH]1)C(=O)O. The number of aromatic amines is 3. The maximum absolute atomic E-state index is 13.1. The van der Waals surface area contributed by atoms with Crippen LogP contribution in [-0.4, -0.2) is 124 Å². The molecule has 5 amide bonds. The van der Waals surface area contributed by atoms with Crippen LogP contribution in [0.3, 0.4) is 0 Å². The Labute approximate surface area is 289 Å². The molecule has 3 heterocycles. The van der Waals surface area contributed by atoms with Gasteiger partial charge in [-0.1, -0.05) is 0 Å². The summed E-state index contributed by atoms with van der Waals surface area (Å²) in [5, 5.41) is 30.7. The number of hydrogen-bond donors (Lipinski definition) is 12. The number of carboxylic acids is 2. The number of H-pyrrole nitrogens is 3. The number of carbonyl (C=O) groups is 7. The quantitative estimate of drug-likeness (QED) is 0.0470. The van der Waals surface area contributed by atoms with Gasteiger partial charge in [0.25, 0.3) is 0 Å². The Hall–Kier alpha value is -5.77. The molecule has 22 heteroatoms. The zero-order valence-corrected chi connectivity index (χ0v) is 27.3. The van der Waals surface area contributed by atoms with Gasteiger partial charge in [-0.2, -0.15) is 12.6 Å². The lowest BCUT2D eigenvalue weighted by Crippen LogP contribution is -2.57. The summed E-state index contributed by atoms with van der Waals surface area (Å²) in [6, 6.07) is -6.47. The smallest absolute Gasteiger partial charge is 0.326 e. The molecule has 5 atom stereocenters. The second-order valence-corrected chi connectivity index (χ2v) is 11.3. The number of rotatable bonds is 21. The molecule has 0 aliphatic rings. The normalized spacial score (nSPS) is 13.9. The van der Waals surface area contributed by atoms with Crippen molar-refractivity contribution in [1.29, 1.82) is 0 Å². The van der Waals surface area contributed by atoms with Gasteiger partial charge in [0, 0.05) is 67.1 Å². The Bertz CT molecular complexity index is 1580. The van der Waals surface area contributed by atoms with Gasteiger partial charge < -0.3 is 57.5 Å². The number of amides is 5. The average molecular weight is 719 g/mol. The van der Waals surface area contributed by atoms with Crippen LogP contribution in [0.15, 0.2) is 37.6 Å². The molecule has 3 aromatic rings. The number of aromatic nitrogens is 6. The summed E-state index contributed by atoms with van der Waals surface area (Å²) in [7, 11) is 0. The van der Waals surface area contributed by atoms with Crippen LogP contribution in [0, 0.1) is 0 Å². The van der Waals surface area contributed by atoms with E-state index in [2.05, 4.69) is 69.1 Å². The van der Waals surface area contributed by atoms with Crippen LogP contribution in [0.2, 0.25) is 0 Å². The van der Waals surface area contributed by atoms with E-state index < -0.39 is 84.6 Å². The second kappa shape index (κ2) is 19.3. The number of imidazole rings is 3. The Morgan fingerprint density at radius 2 is 1.18 bits per heavy atom. The van der Waals surface area contributed by atoms with Gasteiger partial charge in [0.15, 0.2) is 0 Å². The zero-order chi connectivity index (χ0) is 36.6. The average Bonchev–Trinajstić information content (AvgIpc) is 3.88. The molecule has 0 fully saturated rings. The van der Waals surface area contributed by atoms with E-state index in [1.165, 1.54) is 37.6 Å². The third-order valence-corrected chi connectivity index (χ3v) is 7.44. The topological polar surface area (TPSA) is 332 Å². The molecule has 0 radical (unpaired) electrons. The number of carboxylic acid groups (broad SMARTS) is 2. The molecule has 0 aliphatic heterocycles. The minimum Gasteiger partial charge on any atom is -0.481 e. The molecule has 3 aromatic heterocycles. The highest BCUT2D eigenvalue weighted by molar-refractivity contribution is 7.80. The molecular formula is C28H38N12O9S. The van der Waals surface area contributed by atoms with Crippen LogP contribution in [0.5, 0.6) is 0 Å². The van der Waals surface area contributed by atoms with E-state index in [9.17, 15) is 38.7 Å². The Morgan fingerprint density at radius 3 is 1.68 bits per heavy atom. The van der Waals surface area contributed by atoms with E-state index in [0.29, 0.717) is 17.1 Å². The van der Waals surface area contributed by atoms with E-state index in [0.717, 1.165) is 0 Å². The van der Waals surface area contributed by atoms with Crippen LogP contribution < -0.4 is 32.3 Å². The molecule has 270 valence electrons. The highest BCUT2D eigenvalue weighted by atomic mass is 32.1. The summed E-state index contributed by atoms with van der Waals surface area (Å²) >= 11 is 4.09. The summed E-state index contributed by atoms with van der Waals surface area (Å²) in [5.41, 5.74) is 7.38. The van der Waals surface area contributed by atoms with Crippen molar-refractivity contribution in [3.8, 4) is 0 Å². The van der Waals surface area contributed by atoms with Crippen LogP contribution in [0.4, 0.5) is 0 Å². The minimum absolute atomic E-state index is 0.0541. The highest BCUT2D eigenvalue weighted by Gasteiger charge is 2.30. The Morgan fingerprint density at radius 1 is 0.680 bits per heavy atom. The molecule has 12 N–H and O–H groups in total. The lowest BCUT2D eigenvalue weighted by atomic mass is 10.1. The van der Waals surface area contributed by atoms with Crippen LogP contribution >= 0.6 is 12.6 Å². The molecular weight excluding hydrogens is 680 g/mol. The van der Waals surface area contributed by atoms with Gasteiger partial charge in [-0.3, -0.25) is 28.8 Å². The molecule has 0 aromatic carbocycles. The van der Waals surface area contributed by atoms with Crippen molar-refractivity contribution < 1.29 is 43.8 Å². The summed E-state index contributed by atoms with van der Waals surface area (Å²) in [6.07, 6.45) is 7.40. The summed E-state index contributed by atoms with van der Waals surface area (Å²) < 4.78 is 0. The van der Waals surface area contributed by atoms with Crippen molar-refractivity contribution in [2.24, 2.45) is 5.73 Å². The van der Waals surface area contributed by atoms with Crippen molar-refractivity contribution >= 4 is 54.1 Å². The number of nitrogens with zero attached hydrogens (tertiary/aromatic N) is 3. The van der Waals surface area contributed by atoms with Crippen LogP contribution in [0.25, 0.3) is 0 Å². The molecule has 3 rings (SSSR count). The fourth-order valence-electron chi connectivity index (χ4n) is 4.46. The van der Waals surface area contributed by atoms with Crippen LogP contribution in [-0.2, 0) is 52.8 Å². The monoisotopic (exact) mass is 718 g/mol. The maximum Gasteiger partial charge on any atom is 0.326 e. The van der Waals surface area contributed by atoms with E-state index in [1.807, 2.05) is 0 Å². The fraction of sp³-hybridized carbons (Fsp3) is 0.429. The van der Waals surface area contributed by atoms with Gasteiger partial charge in [0.2, 0.25) is 29.5 Å². The zero-order valence-electron chi connectivity index (χ0n) is 26.4. The van der Waals surface area contributed by atoms with E-state index in [-0.39, 0.29) is 31.4 Å². The van der Waals surface area contributed by atoms with E-state index >= 15 is 0 Å². The molecule has 0 saturated heterocycles. The number of nitrogens with two attached hydrogens (primary N) is 1. The molecule has 0 bridgehead atoms. The Kier molecular flexibility index (Phi) is 14.9. The van der Waals surface area contributed by atoms with Crippen molar-refractivity contribution in [1.82, 2.24) is 56.5 Å². The van der Waals surface area contributed by atoms with Gasteiger partial charge in [-0.25, -0.2) is 19.7 Å². The summed E-state index contributed by atoms with van der Waals surface area (Å²) in [6.45, 7) is -0.663. The van der Waals surface area contributed by atoms with Gasteiger partial charge in [0.05, 0.1) is 31.6 Å². The second-order valence-electron chi connectivity index (χ2n) is 10.9. The predicted octanol–water partition coefficient (Wildman–Crippen LogP) is -3.85. The molecule has 50 heavy (non-hydrogen) atoms. The van der Waals surface area contributed by atoms with Crippen molar-refractivity contribution in [2.75, 3.05) is 12.3 Å². The van der Waals surface area contributed by atoms with Crippen molar-refractivity contribution in [3.05, 3.63) is 54.7 Å². The standard InChI is InChI=1S/C28H38N12O9S/c29-17(3-14-6-30-11-34-14)24(44)38-18(1-2-23(42)43)26(46)40-21(10-50)25(45)33-9-22(41)37-19(4-15-7-31-12-35-15)27(47)39-20(28(48)49)5-16-8-32-13-36-16/h6-8,11-13,17-21,50H,1-5,9-10,29H2,(H,30,34)(H,31,35)(H,32,36)(H,33,45)(H,37,41)(H,38,44)(H,39,47)(H,40,46)(H,42,43)(H,48,49). The molecule has 0 aliphatic carbocycles. The number of nitrogens with one attached hydrogen (secondary N) is 8. The van der Waals surface area contributed by atoms with Crippen molar-refractivity contribution in [2.45, 2.75) is 62.3 Å². The van der Waals surface area contributed by atoms with Crippen molar-refractivity contribution in [3.63, 3.8) is 0 Å². The first kappa shape index (κ1) is 38.7. The van der Waals surface area contributed by atoms with Crippen LogP contribution in [0.1, 0.15) is 29.9 Å². The number of hydrogen-bond acceptors (Lipinski definition) is 12. The van der Waals surface area contributed by atoms with Gasteiger partial charge in [-0.05, 0) is 6.42 Å². The first-order chi connectivity index (χ1) is 23.9. The molecule has 0 saturated carbocycles. The maximum atomic E-state index is 13.1. The third-order valence-electron chi connectivity index (χ3n) is 7.07. The first-order valence-electron chi connectivity index (χ1n) is 15.1. The third kappa shape index (κ3) is 12.7. The van der Waals surface area contributed by atoms with Gasteiger partial charge in [-0.15, -0.1) is 0 Å². The number of thiol groups is 1. The van der Waals surface area contributed by atoms with Gasteiger partial charge >= 0.3 is 11.9 Å². The lowest BCUT2D eigenvalue weighted by molar-refractivity contribution is -0.142. The van der Waals surface area contributed by atoms with E-state index in [1.54, 1.807) is 0 Å². The first-order valence-corrected chi connectivity index (χ1v) is 15.7. The number of carbonyl (C=O) groups excluding carboxylic acids is 5. The summed E-state index contributed by atoms with van der Waals surface area (Å²) in [5.74, 6) is -6.98. The molecule has 21 nitrogen and oxygen atoms in total.